The van der Waals surface area contributed by atoms with Crippen LogP contribution in [0.25, 0.3) is 0 Å². The summed E-state index contributed by atoms with van der Waals surface area (Å²) in [6, 6.07) is 14.4. The highest BCUT2D eigenvalue weighted by molar-refractivity contribution is 7.92. The Hall–Kier alpha value is -3.04. The minimum absolute atomic E-state index is 0.0259. The first-order valence-corrected chi connectivity index (χ1v) is 11.8. The van der Waals surface area contributed by atoms with E-state index in [0.717, 1.165) is 11.6 Å². The molecule has 0 bridgehead atoms. The van der Waals surface area contributed by atoms with Crippen LogP contribution < -0.4 is 9.46 Å². The number of benzene rings is 3. The SMILES string of the molecule is COc1ccc(S(=O)(=O)c2cc(NS(=O)(=O)c3ccc(C)cc3)cc(C)c2O)cc1. The molecule has 3 aromatic carbocycles. The number of hydrogen-bond acceptors (Lipinski definition) is 6. The Morgan fingerprint density at radius 3 is 1.97 bits per heavy atom. The molecule has 9 heteroatoms. The van der Waals surface area contributed by atoms with E-state index in [4.69, 9.17) is 4.74 Å². The normalized spacial score (nSPS) is 11.8. The van der Waals surface area contributed by atoms with E-state index in [-0.39, 0.29) is 21.0 Å². The lowest BCUT2D eigenvalue weighted by atomic mass is 10.2. The topological polar surface area (TPSA) is 110 Å². The Kier molecular flexibility index (Phi) is 5.78. The van der Waals surface area contributed by atoms with Crippen LogP contribution in [0.3, 0.4) is 0 Å². The average molecular weight is 448 g/mol. The first-order valence-electron chi connectivity index (χ1n) is 8.87. The van der Waals surface area contributed by atoms with Crippen LogP contribution in [0.4, 0.5) is 5.69 Å². The molecule has 158 valence electrons. The van der Waals surface area contributed by atoms with Gasteiger partial charge in [0, 0.05) is 0 Å². The minimum Gasteiger partial charge on any atom is -0.506 e. The van der Waals surface area contributed by atoms with Gasteiger partial charge in [0.1, 0.15) is 16.4 Å². The van der Waals surface area contributed by atoms with Crippen LogP contribution in [0.2, 0.25) is 0 Å². The summed E-state index contributed by atoms with van der Waals surface area (Å²) in [5.41, 5.74) is 1.14. The molecule has 3 aromatic rings. The number of ether oxygens (including phenoxy) is 1. The molecular weight excluding hydrogens is 426 g/mol. The number of rotatable bonds is 6. The second-order valence-electron chi connectivity index (χ2n) is 6.74. The number of phenols is 1. The highest BCUT2D eigenvalue weighted by Crippen LogP contribution is 2.35. The molecule has 0 aliphatic rings. The smallest absolute Gasteiger partial charge is 0.261 e. The summed E-state index contributed by atoms with van der Waals surface area (Å²) in [6.45, 7) is 3.33. The molecule has 2 N–H and O–H groups in total. The van der Waals surface area contributed by atoms with Crippen molar-refractivity contribution in [3.05, 3.63) is 71.8 Å². The van der Waals surface area contributed by atoms with Crippen LogP contribution in [-0.2, 0) is 19.9 Å². The molecule has 0 spiro atoms. The number of sulfone groups is 1. The Balaban J connectivity index is 2.04. The standard InChI is InChI=1S/C21H21NO6S2/c1-14-4-8-19(9-5-14)30(26,27)22-16-12-15(2)21(23)20(13-16)29(24,25)18-10-6-17(28-3)7-11-18/h4-13,22-23H,1-3H3. The number of phenolic OH excluding ortho intramolecular Hbond substituents is 1. The van der Waals surface area contributed by atoms with Gasteiger partial charge < -0.3 is 9.84 Å². The van der Waals surface area contributed by atoms with Gasteiger partial charge in [0.15, 0.2) is 0 Å². The number of aryl methyl sites for hydroxylation is 2. The van der Waals surface area contributed by atoms with Crippen molar-refractivity contribution >= 4 is 25.5 Å². The average Bonchev–Trinajstić information content (AvgIpc) is 2.70. The lowest BCUT2D eigenvalue weighted by Gasteiger charge is -2.14. The Bertz CT molecular complexity index is 1280. The van der Waals surface area contributed by atoms with Crippen LogP contribution in [0.1, 0.15) is 11.1 Å². The first kappa shape index (κ1) is 21.7. The Morgan fingerprint density at radius 1 is 0.833 bits per heavy atom. The van der Waals surface area contributed by atoms with E-state index in [1.54, 1.807) is 12.1 Å². The fourth-order valence-corrected chi connectivity index (χ4v) is 5.31. The zero-order valence-electron chi connectivity index (χ0n) is 16.6. The second-order valence-corrected chi connectivity index (χ2v) is 10.3. The zero-order valence-corrected chi connectivity index (χ0v) is 18.2. The molecule has 0 amide bonds. The van der Waals surface area contributed by atoms with Crippen LogP contribution in [0.15, 0.2) is 75.4 Å². The van der Waals surface area contributed by atoms with Gasteiger partial charge in [-0.1, -0.05) is 17.7 Å². The van der Waals surface area contributed by atoms with E-state index in [1.807, 2.05) is 6.92 Å². The predicted molar refractivity (Wildman–Crippen MR) is 113 cm³/mol. The van der Waals surface area contributed by atoms with Gasteiger partial charge in [-0.25, -0.2) is 16.8 Å². The molecule has 0 unspecified atom stereocenters. The van der Waals surface area contributed by atoms with Gasteiger partial charge in [0.2, 0.25) is 9.84 Å². The second kappa shape index (κ2) is 8.00. The van der Waals surface area contributed by atoms with Gasteiger partial charge in [0.05, 0.1) is 22.6 Å². The zero-order chi connectivity index (χ0) is 22.1. The van der Waals surface area contributed by atoms with Crippen molar-refractivity contribution in [2.24, 2.45) is 0 Å². The van der Waals surface area contributed by atoms with Gasteiger partial charge in [-0.3, -0.25) is 4.72 Å². The predicted octanol–water partition coefficient (Wildman–Crippen LogP) is 3.65. The Labute approximate surface area is 175 Å². The molecule has 0 fully saturated rings. The Morgan fingerprint density at radius 2 is 1.40 bits per heavy atom. The quantitative estimate of drug-likeness (QED) is 0.558. The van der Waals surface area contributed by atoms with E-state index >= 15 is 0 Å². The molecule has 3 rings (SSSR count). The summed E-state index contributed by atoms with van der Waals surface area (Å²) in [5.74, 6) is 0.0399. The third-order valence-corrected chi connectivity index (χ3v) is 7.69. The number of hydrogen-bond donors (Lipinski definition) is 2. The summed E-state index contributed by atoms with van der Waals surface area (Å²) >= 11 is 0. The fourth-order valence-electron chi connectivity index (χ4n) is 2.82. The lowest BCUT2D eigenvalue weighted by Crippen LogP contribution is -2.14. The first-order chi connectivity index (χ1) is 14.0. The summed E-state index contributed by atoms with van der Waals surface area (Å²) in [7, 11) is -6.58. The van der Waals surface area contributed by atoms with Gasteiger partial charge in [-0.05, 0) is 67.9 Å². The number of aromatic hydroxyl groups is 1. The molecular formula is C21H21NO6S2. The van der Waals surface area contributed by atoms with Crippen LogP contribution >= 0.6 is 0 Å². The van der Waals surface area contributed by atoms with Crippen molar-refractivity contribution in [1.82, 2.24) is 0 Å². The summed E-state index contributed by atoms with van der Waals surface area (Å²) < 4.78 is 58.9. The van der Waals surface area contributed by atoms with Crippen LogP contribution in [0.5, 0.6) is 11.5 Å². The summed E-state index contributed by atoms with van der Waals surface area (Å²) in [6.07, 6.45) is 0. The van der Waals surface area contributed by atoms with Crippen molar-refractivity contribution in [1.29, 1.82) is 0 Å². The summed E-state index contributed by atoms with van der Waals surface area (Å²) in [5, 5.41) is 10.4. The third kappa shape index (κ3) is 4.27. The van der Waals surface area contributed by atoms with Gasteiger partial charge in [-0.15, -0.1) is 0 Å². The molecule has 30 heavy (non-hydrogen) atoms. The number of methoxy groups -OCH3 is 1. The van der Waals surface area contributed by atoms with Crippen molar-refractivity contribution in [3.63, 3.8) is 0 Å². The number of sulfonamides is 1. The van der Waals surface area contributed by atoms with Crippen molar-refractivity contribution in [2.75, 3.05) is 11.8 Å². The maximum Gasteiger partial charge on any atom is 0.261 e. The minimum atomic E-state index is -4.11. The van der Waals surface area contributed by atoms with Crippen molar-refractivity contribution in [3.8, 4) is 11.5 Å². The van der Waals surface area contributed by atoms with Crippen LogP contribution in [0, 0.1) is 13.8 Å². The van der Waals surface area contributed by atoms with Gasteiger partial charge in [-0.2, -0.15) is 0 Å². The number of anilines is 1. The molecule has 7 nitrogen and oxygen atoms in total. The molecule has 0 heterocycles. The highest BCUT2D eigenvalue weighted by Gasteiger charge is 2.25. The number of nitrogens with one attached hydrogen (secondary N) is 1. The molecule has 0 atom stereocenters. The fraction of sp³-hybridized carbons (Fsp3) is 0.143. The highest BCUT2D eigenvalue weighted by atomic mass is 32.2. The van der Waals surface area contributed by atoms with Gasteiger partial charge >= 0.3 is 0 Å². The molecule has 0 aliphatic heterocycles. The third-order valence-electron chi connectivity index (χ3n) is 4.51. The maximum atomic E-state index is 13.1. The van der Waals surface area contributed by atoms with Crippen molar-refractivity contribution < 1.29 is 26.7 Å². The molecule has 0 saturated carbocycles. The van der Waals surface area contributed by atoms with E-state index in [0.29, 0.717) is 5.75 Å². The monoisotopic (exact) mass is 447 g/mol. The molecule has 0 aromatic heterocycles. The molecule has 0 saturated heterocycles. The molecule has 0 radical (unpaired) electrons. The van der Waals surface area contributed by atoms with E-state index < -0.39 is 30.5 Å². The van der Waals surface area contributed by atoms with E-state index in [1.165, 1.54) is 56.5 Å². The maximum absolute atomic E-state index is 13.1. The van der Waals surface area contributed by atoms with E-state index in [2.05, 4.69) is 4.72 Å². The van der Waals surface area contributed by atoms with E-state index in [9.17, 15) is 21.9 Å². The largest absolute Gasteiger partial charge is 0.506 e. The summed E-state index contributed by atoms with van der Waals surface area (Å²) in [4.78, 5) is -0.413. The van der Waals surface area contributed by atoms with Crippen LogP contribution in [-0.4, -0.2) is 29.1 Å². The lowest BCUT2D eigenvalue weighted by molar-refractivity contribution is 0.414. The van der Waals surface area contributed by atoms with Crippen molar-refractivity contribution in [2.45, 2.75) is 28.5 Å². The van der Waals surface area contributed by atoms with Gasteiger partial charge in [0.25, 0.3) is 10.0 Å². The molecule has 0 aliphatic carbocycles.